The number of carboxylic acids is 1. The highest BCUT2D eigenvalue weighted by Crippen LogP contribution is 2.18. The summed E-state index contributed by atoms with van der Waals surface area (Å²) in [5, 5.41) is 11.8. The van der Waals surface area contributed by atoms with Crippen LogP contribution in [0.5, 0.6) is 0 Å². The molecule has 0 aromatic carbocycles. The maximum absolute atomic E-state index is 11.7. The number of amides is 1. The molecule has 0 aliphatic heterocycles. The third kappa shape index (κ3) is 5.89. The highest BCUT2D eigenvalue weighted by molar-refractivity contribution is 5.73. The van der Waals surface area contributed by atoms with E-state index in [4.69, 9.17) is 9.84 Å². The zero-order chi connectivity index (χ0) is 14.5. The Morgan fingerprint density at radius 3 is 2.06 bits per heavy atom. The van der Waals surface area contributed by atoms with Crippen molar-refractivity contribution in [1.29, 1.82) is 0 Å². The SMILES string of the molecule is CCC(C(=O)O)C(NC(=O)OC(C)(C)C)C(C)C. The Morgan fingerprint density at radius 2 is 1.78 bits per heavy atom. The van der Waals surface area contributed by atoms with Gasteiger partial charge in [0.2, 0.25) is 0 Å². The summed E-state index contributed by atoms with van der Waals surface area (Å²) in [6.07, 6.45) is -0.102. The van der Waals surface area contributed by atoms with E-state index in [0.29, 0.717) is 6.42 Å². The van der Waals surface area contributed by atoms with Crippen LogP contribution < -0.4 is 5.32 Å². The van der Waals surface area contributed by atoms with Gasteiger partial charge >= 0.3 is 12.1 Å². The summed E-state index contributed by atoms with van der Waals surface area (Å²) in [6.45, 7) is 10.9. The van der Waals surface area contributed by atoms with E-state index in [1.165, 1.54) is 0 Å². The molecule has 2 unspecified atom stereocenters. The second-order valence-corrected chi connectivity index (χ2v) is 5.77. The fourth-order valence-electron chi connectivity index (χ4n) is 1.76. The lowest BCUT2D eigenvalue weighted by atomic mass is 9.88. The predicted octanol–water partition coefficient (Wildman–Crippen LogP) is 2.65. The van der Waals surface area contributed by atoms with E-state index in [-0.39, 0.29) is 5.92 Å². The van der Waals surface area contributed by atoms with Gasteiger partial charge in [-0.3, -0.25) is 4.79 Å². The molecule has 1 amide bonds. The molecule has 0 heterocycles. The van der Waals surface area contributed by atoms with Crippen LogP contribution >= 0.6 is 0 Å². The largest absolute Gasteiger partial charge is 0.481 e. The van der Waals surface area contributed by atoms with Crippen LogP contribution in [-0.4, -0.2) is 28.8 Å². The van der Waals surface area contributed by atoms with Crippen molar-refractivity contribution >= 4 is 12.1 Å². The van der Waals surface area contributed by atoms with E-state index in [9.17, 15) is 9.59 Å². The first-order valence-corrected chi connectivity index (χ1v) is 6.30. The van der Waals surface area contributed by atoms with Gasteiger partial charge in [0.15, 0.2) is 0 Å². The molecule has 5 heteroatoms. The molecule has 0 radical (unpaired) electrons. The minimum absolute atomic E-state index is 0.0265. The van der Waals surface area contributed by atoms with Crippen LogP contribution in [0.4, 0.5) is 4.79 Å². The molecule has 0 spiro atoms. The molecule has 18 heavy (non-hydrogen) atoms. The van der Waals surface area contributed by atoms with Crippen molar-refractivity contribution in [2.75, 3.05) is 0 Å². The van der Waals surface area contributed by atoms with Crippen molar-refractivity contribution in [2.45, 2.75) is 59.6 Å². The number of hydrogen-bond donors (Lipinski definition) is 2. The van der Waals surface area contributed by atoms with E-state index in [2.05, 4.69) is 5.32 Å². The number of ether oxygens (including phenoxy) is 1. The number of nitrogens with one attached hydrogen (secondary N) is 1. The van der Waals surface area contributed by atoms with E-state index >= 15 is 0 Å². The average Bonchev–Trinajstić information content (AvgIpc) is 2.13. The number of carbonyl (C=O) groups excluding carboxylic acids is 1. The van der Waals surface area contributed by atoms with Crippen molar-refractivity contribution < 1.29 is 19.4 Å². The molecular weight excluding hydrogens is 234 g/mol. The van der Waals surface area contributed by atoms with Crippen LogP contribution in [0.1, 0.15) is 48.0 Å². The van der Waals surface area contributed by atoms with Crippen LogP contribution in [0, 0.1) is 11.8 Å². The maximum atomic E-state index is 11.7. The van der Waals surface area contributed by atoms with Gasteiger partial charge in [-0.05, 0) is 33.1 Å². The molecule has 0 aliphatic rings. The number of aliphatic carboxylic acids is 1. The Balaban J connectivity index is 4.73. The van der Waals surface area contributed by atoms with Gasteiger partial charge in [0.05, 0.1) is 5.92 Å². The molecule has 0 aromatic heterocycles. The normalized spacial score (nSPS) is 15.1. The smallest absolute Gasteiger partial charge is 0.407 e. The molecule has 5 nitrogen and oxygen atoms in total. The number of rotatable bonds is 5. The van der Waals surface area contributed by atoms with Gasteiger partial charge in [-0.1, -0.05) is 20.8 Å². The zero-order valence-electron chi connectivity index (χ0n) is 12.1. The number of carbonyl (C=O) groups is 2. The second kappa shape index (κ2) is 6.61. The molecule has 2 atom stereocenters. The third-order valence-corrected chi connectivity index (χ3v) is 2.59. The molecule has 0 saturated heterocycles. The Bertz CT molecular complexity index is 294. The summed E-state index contributed by atoms with van der Waals surface area (Å²) < 4.78 is 5.15. The van der Waals surface area contributed by atoms with E-state index in [1.807, 2.05) is 13.8 Å². The van der Waals surface area contributed by atoms with Crippen molar-refractivity contribution in [3.63, 3.8) is 0 Å². The van der Waals surface area contributed by atoms with Crippen LogP contribution in [0.25, 0.3) is 0 Å². The van der Waals surface area contributed by atoms with Crippen LogP contribution in [-0.2, 0) is 9.53 Å². The van der Waals surface area contributed by atoms with Crippen molar-refractivity contribution in [3.05, 3.63) is 0 Å². The lowest BCUT2D eigenvalue weighted by Gasteiger charge is -2.29. The number of carboxylic acid groups (broad SMARTS) is 1. The highest BCUT2D eigenvalue weighted by atomic mass is 16.6. The molecule has 0 saturated carbocycles. The number of alkyl carbamates (subject to hydrolysis) is 1. The highest BCUT2D eigenvalue weighted by Gasteiger charge is 2.31. The first kappa shape index (κ1) is 16.7. The minimum Gasteiger partial charge on any atom is -0.481 e. The average molecular weight is 259 g/mol. The van der Waals surface area contributed by atoms with Crippen LogP contribution in [0.3, 0.4) is 0 Å². The summed E-state index contributed by atoms with van der Waals surface area (Å²) in [4.78, 5) is 22.8. The molecule has 106 valence electrons. The Hall–Kier alpha value is -1.26. The van der Waals surface area contributed by atoms with E-state index in [1.54, 1.807) is 27.7 Å². The van der Waals surface area contributed by atoms with Gasteiger partial charge in [-0.25, -0.2) is 4.79 Å². The molecule has 0 aliphatic carbocycles. The number of hydrogen-bond acceptors (Lipinski definition) is 3. The van der Waals surface area contributed by atoms with Crippen molar-refractivity contribution in [1.82, 2.24) is 5.32 Å². The molecular formula is C13H25NO4. The fourth-order valence-corrected chi connectivity index (χ4v) is 1.76. The first-order valence-electron chi connectivity index (χ1n) is 6.30. The topological polar surface area (TPSA) is 75.6 Å². The second-order valence-electron chi connectivity index (χ2n) is 5.77. The van der Waals surface area contributed by atoms with E-state index < -0.39 is 29.6 Å². The monoisotopic (exact) mass is 259 g/mol. The van der Waals surface area contributed by atoms with Gasteiger partial charge in [0.1, 0.15) is 5.60 Å². The van der Waals surface area contributed by atoms with Gasteiger partial charge in [0, 0.05) is 6.04 Å². The van der Waals surface area contributed by atoms with Crippen LogP contribution in [0.2, 0.25) is 0 Å². The lowest BCUT2D eigenvalue weighted by molar-refractivity contribution is -0.143. The first-order chi connectivity index (χ1) is 8.08. The quantitative estimate of drug-likeness (QED) is 0.795. The van der Waals surface area contributed by atoms with Crippen LogP contribution in [0.15, 0.2) is 0 Å². The van der Waals surface area contributed by atoms with Gasteiger partial charge in [-0.2, -0.15) is 0 Å². The summed E-state index contributed by atoms with van der Waals surface area (Å²) in [5.41, 5.74) is -0.587. The van der Waals surface area contributed by atoms with Crippen molar-refractivity contribution in [3.8, 4) is 0 Å². The standard InChI is InChI=1S/C13H25NO4/c1-7-9(11(15)16)10(8(2)3)14-12(17)18-13(4,5)6/h8-10H,7H2,1-6H3,(H,14,17)(H,15,16). The third-order valence-electron chi connectivity index (χ3n) is 2.59. The maximum Gasteiger partial charge on any atom is 0.407 e. The molecule has 0 bridgehead atoms. The van der Waals surface area contributed by atoms with E-state index in [0.717, 1.165) is 0 Å². The predicted molar refractivity (Wildman–Crippen MR) is 69.4 cm³/mol. The summed E-state index contributed by atoms with van der Waals surface area (Å²) in [6, 6.07) is -0.428. The lowest BCUT2D eigenvalue weighted by Crippen LogP contribution is -2.48. The summed E-state index contributed by atoms with van der Waals surface area (Å²) in [5.74, 6) is -1.47. The summed E-state index contributed by atoms with van der Waals surface area (Å²) >= 11 is 0. The Morgan fingerprint density at radius 1 is 1.28 bits per heavy atom. The van der Waals surface area contributed by atoms with Crippen molar-refractivity contribution in [2.24, 2.45) is 11.8 Å². The van der Waals surface area contributed by atoms with Gasteiger partial charge < -0.3 is 15.2 Å². The minimum atomic E-state index is -0.896. The van der Waals surface area contributed by atoms with Gasteiger partial charge in [-0.15, -0.1) is 0 Å². The fraction of sp³-hybridized carbons (Fsp3) is 0.846. The molecule has 2 N–H and O–H groups in total. The Labute approximate surface area is 109 Å². The van der Waals surface area contributed by atoms with Gasteiger partial charge in [0.25, 0.3) is 0 Å². The summed E-state index contributed by atoms with van der Waals surface area (Å²) in [7, 11) is 0. The Kier molecular flexibility index (Phi) is 6.15. The molecule has 0 rings (SSSR count). The zero-order valence-corrected chi connectivity index (χ0v) is 12.1. The molecule has 0 aromatic rings. The molecule has 0 fully saturated rings.